The highest BCUT2D eigenvalue weighted by molar-refractivity contribution is 7.76. The summed E-state index contributed by atoms with van der Waals surface area (Å²) in [6, 6.07) is 9.82. The number of carbonyl (C=O) groups is 2. The lowest BCUT2D eigenvalue weighted by Crippen LogP contribution is -2.37. The molecule has 1 unspecified atom stereocenters. The molecule has 2 N–H and O–H groups in total. The van der Waals surface area contributed by atoms with Crippen LogP contribution in [0.1, 0.15) is 85.0 Å². The molecule has 0 radical (unpaired) electrons. The Labute approximate surface area is 248 Å². The van der Waals surface area contributed by atoms with E-state index in [0.717, 1.165) is 30.4 Å². The SMILES string of the molecule is CCc1ccc(-c2oc3nc(CN(CCCCC4(C(=O)O)CCOCC4)S(=O)[O-])c(C4CC4)cc3c2C(=O)NC)cc1. The van der Waals surface area contributed by atoms with Gasteiger partial charge in [0.1, 0.15) is 5.76 Å². The molecule has 3 heterocycles. The van der Waals surface area contributed by atoms with Gasteiger partial charge in [-0.2, -0.15) is 0 Å². The number of nitrogens with one attached hydrogen (secondary N) is 1. The number of aromatic nitrogens is 1. The van der Waals surface area contributed by atoms with Crippen molar-refractivity contribution in [2.24, 2.45) is 5.41 Å². The molecule has 10 nitrogen and oxygen atoms in total. The number of carboxylic acid groups (broad SMARTS) is 1. The molecule has 1 saturated heterocycles. The number of pyridine rings is 1. The van der Waals surface area contributed by atoms with Gasteiger partial charge in [0.25, 0.3) is 5.91 Å². The van der Waals surface area contributed by atoms with E-state index in [1.165, 1.54) is 9.87 Å². The molecule has 1 amide bonds. The minimum atomic E-state index is -2.49. The number of benzene rings is 1. The molecule has 3 aromatic rings. The van der Waals surface area contributed by atoms with Crippen LogP contribution in [0.2, 0.25) is 0 Å². The summed E-state index contributed by atoms with van der Waals surface area (Å²) < 4.78 is 37.4. The van der Waals surface area contributed by atoms with E-state index in [9.17, 15) is 23.5 Å². The number of hydrogen-bond acceptors (Lipinski definition) is 7. The zero-order valence-corrected chi connectivity index (χ0v) is 25.0. The molecular weight excluding hydrogens is 558 g/mol. The third-order valence-electron chi connectivity index (χ3n) is 8.64. The fraction of sp³-hybridized carbons (Fsp3) is 0.516. The van der Waals surface area contributed by atoms with Gasteiger partial charge in [0.05, 0.1) is 28.6 Å². The first-order chi connectivity index (χ1) is 20.3. The van der Waals surface area contributed by atoms with Gasteiger partial charge in [-0.05, 0) is 68.1 Å². The Hall–Kier alpha value is -3.12. The summed E-state index contributed by atoms with van der Waals surface area (Å²) in [5.74, 6) is -0.395. The van der Waals surface area contributed by atoms with E-state index in [1.54, 1.807) is 7.05 Å². The van der Waals surface area contributed by atoms with Crippen molar-refractivity contribution < 1.29 is 32.6 Å². The number of furan rings is 1. The topological polar surface area (TPSA) is 145 Å². The van der Waals surface area contributed by atoms with Crippen LogP contribution in [0.25, 0.3) is 22.4 Å². The summed E-state index contributed by atoms with van der Waals surface area (Å²) in [5.41, 5.74) is 3.40. The normalized spacial score (nSPS) is 17.4. The van der Waals surface area contributed by atoms with Gasteiger partial charge in [0.2, 0.25) is 5.71 Å². The molecule has 1 aromatic carbocycles. The monoisotopic (exact) mass is 596 g/mol. The number of aryl methyl sites for hydroxylation is 1. The minimum Gasteiger partial charge on any atom is -0.760 e. The lowest BCUT2D eigenvalue weighted by atomic mass is 9.76. The molecule has 0 spiro atoms. The van der Waals surface area contributed by atoms with Crippen LogP contribution in [0.4, 0.5) is 0 Å². The van der Waals surface area contributed by atoms with Crippen LogP contribution in [-0.4, -0.2) is 61.8 Å². The molecule has 1 saturated carbocycles. The zero-order chi connectivity index (χ0) is 29.9. The van der Waals surface area contributed by atoms with Crippen LogP contribution in [-0.2, 0) is 33.8 Å². The van der Waals surface area contributed by atoms with Crippen molar-refractivity contribution in [2.45, 2.75) is 70.8 Å². The first-order valence-corrected chi connectivity index (χ1v) is 15.7. The number of unbranched alkanes of at least 4 members (excludes halogenated alkanes) is 1. The molecule has 2 aromatic heterocycles. The second kappa shape index (κ2) is 13.0. The summed E-state index contributed by atoms with van der Waals surface area (Å²) in [4.78, 5) is 29.8. The van der Waals surface area contributed by atoms with Crippen LogP contribution in [0.3, 0.4) is 0 Å². The summed E-state index contributed by atoms with van der Waals surface area (Å²) in [6.45, 7) is 3.27. The van der Waals surface area contributed by atoms with Gasteiger partial charge in [-0.25, -0.2) is 9.29 Å². The van der Waals surface area contributed by atoms with Crippen molar-refractivity contribution in [3.63, 3.8) is 0 Å². The highest BCUT2D eigenvalue weighted by atomic mass is 32.2. The highest BCUT2D eigenvalue weighted by Gasteiger charge is 2.39. The molecule has 1 aliphatic carbocycles. The Balaban J connectivity index is 1.40. The maximum atomic E-state index is 13.0. The molecule has 42 heavy (non-hydrogen) atoms. The summed E-state index contributed by atoms with van der Waals surface area (Å²) in [7, 11) is 1.58. The highest BCUT2D eigenvalue weighted by Crippen LogP contribution is 2.44. The van der Waals surface area contributed by atoms with Gasteiger partial charge in [0, 0.05) is 43.6 Å². The van der Waals surface area contributed by atoms with E-state index in [4.69, 9.17) is 14.1 Å². The molecule has 5 rings (SSSR count). The number of fused-ring (bicyclic) bond motifs is 1. The summed E-state index contributed by atoms with van der Waals surface area (Å²) in [6.07, 6.45) is 5.39. The largest absolute Gasteiger partial charge is 0.760 e. The molecule has 0 bridgehead atoms. The number of rotatable bonds is 13. The van der Waals surface area contributed by atoms with E-state index in [2.05, 4.69) is 12.2 Å². The van der Waals surface area contributed by atoms with Crippen molar-refractivity contribution in [3.8, 4) is 11.3 Å². The fourth-order valence-electron chi connectivity index (χ4n) is 5.85. The smallest absolute Gasteiger partial charge is 0.309 e. The Morgan fingerprint density at radius 3 is 2.50 bits per heavy atom. The summed E-state index contributed by atoms with van der Waals surface area (Å²) >= 11 is -2.49. The quantitative estimate of drug-likeness (QED) is 0.208. The second-order valence-corrected chi connectivity index (χ2v) is 12.3. The molecule has 2 fully saturated rings. The zero-order valence-electron chi connectivity index (χ0n) is 24.1. The first kappa shape index (κ1) is 30.3. The minimum absolute atomic E-state index is 0.0757. The van der Waals surface area contributed by atoms with Crippen LogP contribution < -0.4 is 5.32 Å². The Bertz CT molecular complexity index is 1460. The molecule has 1 atom stereocenters. The van der Waals surface area contributed by atoms with Gasteiger partial charge in [-0.1, -0.05) is 37.6 Å². The van der Waals surface area contributed by atoms with E-state index < -0.39 is 22.7 Å². The maximum absolute atomic E-state index is 13.0. The van der Waals surface area contributed by atoms with Crippen LogP contribution in [0.5, 0.6) is 0 Å². The first-order valence-electron chi connectivity index (χ1n) is 14.7. The third kappa shape index (κ3) is 6.44. The number of nitrogens with zero attached hydrogens (tertiary/aromatic N) is 2. The van der Waals surface area contributed by atoms with E-state index in [1.807, 2.05) is 30.3 Å². The fourth-order valence-corrected chi connectivity index (χ4v) is 6.36. The molecule has 2 aliphatic rings. The van der Waals surface area contributed by atoms with Gasteiger partial charge in [0.15, 0.2) is 0 Å². The van der Waals surface area contributed by atoms with Crippen molar-refractivity contribution >= 4 is 34.2 Å². The van der Waals surface area contributed by atoms with Gasteiger partial charge in [-0.15, -0.1) is 0 Å². The maximum Gasteiger partial charge on any atom is 0.309 e. The van der Waals surface area contributed by atoms with Crippen LogP contribution in [0, 0.1) is 5.41 Å². The van der Waals surface area contributed by atoms with Crippen LogP contribution >= 0.6 is 0 Å². The van der Waals surface area contributed by atoms with Crippen molar-refractivity contribution in [2.75, 3.05) is 26.8 Å². The summed E-state index contributed by atoms with van der Waals surface area (Å²) in [5, 5.41) is 13.1. The van der Waals surface area contributed by atoms with Crippen molar-refractivity contribution in [3.05, 3.63) is 52.7 Å². The van der Waals surface area contributed by atoms with Crippen molar-refractivity contribution in [1.82, 2.24) is 14.6 Å². The molecular formula is C31H38N3O7S-. The number of carbonyl (C=O) groups excluding carboxylic acids is 1. The third-order valence-corrected chi connectivity index (χ3v) is 9.38. The van der Waals surface area contributed by atoms with Gasteiger partial charge in [-0.3, -0.25) is 13.8 Å². The predicted molar refractivity (Wildman–Crippen MR) is 157 cm³/mol. The van der Waals surface area contributed by atoms with E-state index >= 15 is 0 Å². The van der Waals surface area contributed by atoms with E-state index in [0.29, 0.717) is 73.4 Å². The average molecular weight is 597 g/mol. The predicted octanol–water partition coefficient (Wildman–Crippen LogP) is 4.94. The Kier molecular flexibility index (Phi) is 9.41. The van der Waals surface area contributed by atoms with Crippen LogP contribution in [0.15, 0.2) is 34.7 Å². The second-order valence-electron chi connectivity index (χ2n) is 11.3. The van der Waals surface area contributed by atoms with Gasteiger partial charge < -0.3 is 24.1 Å². The average Bonchev–Trinajstić information content (AvgIpc) is 3.78. The van der Waals surface area contributed by atoms with E-state index in [-0.39, 0.29) is 24.9 Å². The molecule has 226 valence electrons. The molecule has 11 heteroatoms. The number of aliphatic carboxylic acids is 1. The number of carboxylic acids is 1. The lowest BCUT2D eigenvalue weighted by Gasteiger charge is -2.33. The van der Waals surface area contributed by atoms with Crippen molar-refractivity contribution in [1.29, 1.82) is 0 Å². The molecule has 1 aliphatic heterocycles. The number of amides is 1. The number of hydrogen-bond donors (Lipinski definition) is 2. The Morgan fingerprint density at radius 1 is 1.19 bits per heavy atom. The number of ether oxygens (including phenoxy) is 1. The lowest BCUT2D eigenvalue weighted by molar-refractivity contribution is -0.155. The Morgan fingerprint density at radius 2 is 1.90 bits per heavy atom. The standard InChI is InChI=1S/C31H39N3O7S/c1-3-20-6-8-22(9-7-20)27-26(28(35)32-2)24-18-23(21-10-11-21)25(33-29(24)41-27)19-34(42(38)39)15-5-4-12-31(30(36)37)13-16-40-17-14-31/h6-9,18,21H,3-5,10-17,19H2,1-2H3,(H,32,35)(H,36,37)(H,38,39)/p-1. The van der Waals surface area contributed by atoms with Gasteiger partial charge >= 0.3 is 5.97 Å².